The van der Waals surface area contributed by atoms with Crippen molar-refractivity contribution in [3.8, 4) is 17.2 Å². The third-order valence-corrected chi connectivity index (χ3v) is 4.27. The van der Waals surface area contributed by atoms with E-state index in [0.29, 0.717) is 30.5 Å². The number of hydrogen-bond acceptors (Lipinski definition) is 4. The Hall–Kier alpha value is -2.69. The first-order valence-corrected chi connectivity index (χ1v) is 8.22. The molecule has 0 unspecified atom stereocenters. The highest BCUT2D eigenvalue weighted by molar-refractivity contribution is 5.92. The number of anilines is 1. The van der Waals surface area contributed by atoms with Gasteiger partial charge < -0.3 is 19.5 Å². The lowest BCUT2D eigenvalue weighted by atomic mass is 10.1. The van der Waals surface area contributed by atoms with Crippen LogP contribution in [0.3, 0.4) is 0 Å². The average Bonchev–Trinajstić information content (AvgIpc) is 3.07. The van der Waals surface area contributed by atoms with Gasteiger partial charge >= 0.3 is 0 Å². The van der Waals surface area contributed by atoms with E-state index in [4.69, 9.17) is 14.2 Å². The smallest absolute Gasteiger partial charge is 0.262 e. The first-order valence-electron chi connectivity index (χ1n) is 8.22. The second kappa shape index (κ2) is 6.43. The molecule has 24 heavy (non-hydrogen) atoms. The maximum absolute atomic E-state index is 12.1. The molecule has 0 radical (unpaired) electrons. The van der Waals surface area contributed by atoms with Gasteiger partial charge in [-0.1, -0.05) is 6.07 Å². The minimum Gasteiger partial charge on any atom is -0.486 e. The van der Waals surface area contributed by atoms with Crippen LogP contribution in [0.2, 0.25) is 0 Å². The molecule has 4 rings (SSSR count). The monoisotopic (exact) mass is 325 g/mol. The zero-order valence-corrected chi connectivity index (χ0v) is 13.3. The van der Waals surface area contributed by atoms with E-state index in [1.54, 1.807) is 18.2 Å². The van der Waals surface area contributed by atoms with Gasteiger partial charge in [0.25, 0.3) is 5.91 Å². The SMILES string of the molecule is O=C(COc1ccc2c(c1)OCCO2)Nc1ccc2c(c1)CCC2. The Balaban J connectivity index is 1.35. The van der Waals surface area contributed by atoms with E-state index < -0.39 is 0 Å². The Kier molecular flexibility index (Phi) is 3.99. The summed E-state index contributed by atoms with van der Waals surface area (Å²) in [4.78, 5) is 12.1. The predicted octanol–water partition coefficient (Wildman–Crippen LogP) is 2.96. The normalized spacial score (nSPS) is 14.8. The Bertz CT molecular complexity index is 772. The Labute approximate surface area is 140 Å². The van der Waals surface area contributed by atoms with E-state index in [2.05, 4.69) is 17.4 Å². The van der Waals surface area contributed by atoms with Crippen LogP contribution >= 0.6 is 0 Å². The lowest BCUT2D eigenvalue weighted by molar-refractivity contribution is -0.118. The summed E-state index contributed by atoms with van der Waals surface area (Å²) in [5.74, 6) is 1.76. The van der Waals surface area contributed by atoms with Gasteiger partial charge in [-0.15, -0.1) is 0 Å². The largest absolute Gasteiger partial charge is 0.486 e. The Morgan fingerprint density at radius 1 is 1.00 bits per heavy atom. The van der Waals surface area contributed by atoms with Crippen LogP contribution < -0.4 is 19.5 Å². The van der Waals surface area contributed by atoms with E-state index in [0.717, 1.165) is 18.5 Å². The fourth-order valence-corrected chi connectivity index (χ4v) is 3.11. The Morgan fingerprint density at radius 2 is 1.83 bits per heavy atom. The zero-order chi connectivity index (χ0) is 16.4. The van der Waals surface area contributed by atoms with Crippen LogP contribution in [-0.2, 0) is 17.6 Å². The minimum absolute atomic E-state index is 0.0449. The van der Waals surface area contributed by atoms with Crippen LogP contribution in [0.5, 0.6) is 17.2 Å². The predicted molar refractivity (Wildman–Crippen MR) is 90.0 cm³/mol. The topological polar surface area (TPSA) is 56.8 Å². The fraction of sp³-hybridized carbons (Fsp3) is 0.316. The molecule has 1 aliphatic heterocycles. The van der Waals surface area contributed by atoms with Crippen molar-refractivity contribution in [2.75, 3.05) is 25.1 Å². The van der Waals surface area contributed by atoms with E-state index in [-0.39, 0.29) is 12.5 Å². The molecule has 0 bridgehead atoms. The average molecular weight is 325 g/mol. The minimum atomic E-state index is -0.178. The summed E-state index contributed by atoms with van der Waals surface area (Å²) in [6.45, 7) is 1.03. The number of fused-ring (bicyclic) bond motifs is 2. The summed E-state index contributed by atoms with van der Waals surface area (Å²) < 4.78 is 16.5. The fourth-order valence-electron chi connectivity index (χ4n) is 3.11. The summed E-state index contributed by atoms with van der Waals surface area (Å²) in [7, 11) is 0. The van der Waals surface area contributed by atoms with E-state index in [9.17, 15) is 4.79 Å². The van der Waals surface area contributed by atoms with Gasteiger partial charge in [0.05, 0.1) is 0 Å². The second-order valence-corrected chi connectivity index (χ2v) is 5.98. The van der Waals surface area contributed by atoms with Crippen LogP contribution in [0, 0.1) is 0 Å². The quantitative estimate of drug-likeness (QED) is 0.939. The number of carbonyl (C=O) groups excluding carboxylic acids is 1. The molecule has 1 N–H and O–H groups in total. The molecule has 2 aliphatic rings. The molecule has 2 aromatic rings. The highest BCUT2D eigenvalue weighted by Crippen LogP contribution is 2.33. The number of benzene rings is 2. The van der Waals surface area contributed by atoms with Gasteiger partial charge in [0.2, 0.25) is 0 Å². The molecule has 0 saturated carbocycles. The van der Waals surface area contributed by atoms with Crippen molar-refractivity contribution >= 4 is 11.6 Å². The van der Waals surface area contributed by atoms with Gasteiger partial charge in [-0.05, 0) is 54.7 Å². The van der Waals surface area contributed by atoms with Crippen molar-refractivity contribution in [2.24, 2.45) is 0 Å². The number of amides is 1. The van der Waals surface area contributed by atoms with Crippen LogP contribution in [0.4, 0.5) is 5.69 Å². The lowest BCUT2D eigenvalue weighted by Gasteiger charge is -2.18. The number of rotatable bonds is 4. The van der Waals surface area contributed by atoms with Crippen molar-refractivity contribution in [1.29, 1.82) is 0 Å². The van der Waals surface area contributed by atoms with Gasteiger partial charge in [0.15, 0.2) is 18.1 Å². The number of ether oxygens (including phenoxy) is 3. The second-order valence-electron chi connectivity index (χ2n) is 5.98. The van der Waals surface area contributed by atoms with Gasteiger partial charge in [0, 0.05) is 11.8 Å². The maximum Gasteiger partial charge on any atom is 0.262 e. The third-order valence-electron chi connectivity index (χ3n) is 4.27. The van der Waals surface area contributed by atoms with Crippen LogP contribution in [0.25, 0.3) is 0 Å². The molecule has 124 valence electrons. The van der Waals surface area contributed by atoms with Gasteiger partial charge in [-0.2, -0.15) is 0 Å². The molecule has 1 amide bonds. The first-order chi connectivity index (χ1) is 11.8. The van der Waals surface area contributed by atoms with E-state index in [1.165, 1.54) is 17.5 Å². The molecule has 1 heterocycles. The molecule has 2 aromatic carbocycles. The lowest BCUT2D eigenvalue weighted by Crippen LogP contribution is -2.20. The van der Waals surface area contributed by atoms with Crippen molar-refractivity contribution in [2.45, 2.75) is 19.3 Å². The van der Waals surface area contributed by atoms with Crippen molar-refractivity contribution in [3.63, 3.8) is 0 Å². The van der Waals surface area contributed by atoms with Crippen molar-refractivity contribution in [3.05, 3.63) is 47.5 Å². The van der Waals surface area contributed by atoms with E-state index >= 15 is 0 Å². The van der Waals surface area contributed by atoms with Crippen LogP contribution in [0.15, 0.2) is 36.4 Å². The zero-order valence-electron chi connectivity index (χ0n) is 13.3. The number of aryl methyl sites for hydroxylation is 2. The molecule has 5 nitrogen and oxygen atoms in total. The highest BCUT2D eigenvalue weighted by Gasteiger charge is 2.14. The summed E-state index contributed by atoms with van der Waals surface area (Å²) in [5.41, 5.74) is 3.55. The molecule has 0 atom stereocenters. The van der Waals surface area contributed by atoms with Crippen molar-refractivity contribution in [1.82, 2.24) is 0 Å². The molecule has 1 aliphatic carbocycles. The molecular formula is C19H19NO4. The summed E-state index contributed by atoms with van der Waals surface area (Å²) >= 11 is 0. The van der Waals surface area contributed by atoms with Gasteiger partial charge in [-0.3, -0.25) is 4.79 Å². The summed E-state index contributed by atoms with van der Waals surface area (Å²) in [5, 5.41) is 2.88. The molecule has 0 aromatic heterocycles. The summed E-state index contributed by atoms with van der Waals surface area (Å²) in [6.07, 6.45) is 3.42. The molecule has 0 spiro atoms. The van der Waals surface area contributed by atoms with Gasteiger partial charge in [-0.25, -0.2) is 0 Å². The standard InChI is InChI=1S/C19H19NO4/c21-19(20-15-5-4-13-2-1-3-14(13)10-15)12-24-16-6-7-17-18(11-16)23-9-8-22-17/h4-7,10-11H,1-3,8-9,12H2,(H,20,21). The molecule has 0 saturated heterocycles. The third kappa shape index (κ3) is 3.15. The number of nitrogens with one attached hydrogen (secondary N) is 1. The number of hydrogen-bond donors (Lipinski definition) is 1. The number of carbonyl (C=O) groups is 1. The first kappa shape index (κ1) is 14.9. The molecule has 0 fully saturated rings. The molecular weight excluding hydrogens is 306 g/mol. The molecule has 5 heteroatoms. The van der Waals surface area contributed by atoms with Crippen LogP contribution in [0.1, 0.15) is 17.5 Å². The summed E-state index contributed by atoms with van der Waals surface area (Å²) in [6, 6.07) is 11.4. The Morgan fingerprint density at radius 3 is 2.75 bits per heavy atom. The van der Waals surface area contributed by atoms with E-state index in [1.807, 2.05) is 6.07 Å². The maximum atomic E-state index is 12.1. The van der Waals surface area contributed by atoms with Crippen LogP contribution in [-0.4, -0.2) is 25.7 Å². The van der Waals surface area contributed by atoms with Gasteiger partial charge in [0.1, 0.15) is 19.0 Å². The highest BCUT2D eigenvalue weighted by atomic mass is 16.6. The van der Waals surface area contributed by atoms with Crippen molar-refractivity contribution < 1.29 is 19.0 Å².